The third-order valence-corrected chi connectivity index (χ3v) is 4.52. The van der Waals surface area contributed by atoms with E-state index in [9.17, 15) is 0 Å². The maximum absolute atomic E-state index is 5.98. The van der Waals surface area contributed by atoms with Crippen LogP contribution in [-0.2, 0) is 18.8 Å². The van der Waals surface area contributed by atoms with E-state index in [1.807, 2.05) is 6.92 Å². The first-order valence-electron chi connectivity index (χ1n) is 7.38. The van der Waals surface area contributed by atoms with E-state index >= 15 is 0 Å². The third kappa shape index (κ3) is 3.51. The Morgan fingerprint density at radius 1 is 0.842 bits per heavy atom. The Balaban J connectivity index is 1.67. The van der Waals surface area contributed by atoms with Crippen molar-refractivity contribution in [3.05, 3.63) is 0 Å². The van der Waals surface area contributed by atoms with Crippen LogP contribution in [0.3, 0.4) is 0 Å². The Morgan fingerprint density at radius 2 is 1.37 bits per heavy atom. The lowest BCUT2D eigenvalue weighted by Gasteiger charge is -2.32. The van der Waals surface area contributed by atoms with Crippen LogP contribution in [0.15, 0.2) is 0 Å². The fourth-order valence-electron chi connectivity index (χ4n) is 2.54. The second kappa shape index (κ2) is 5.36. The Bertz CT molecular complexity index is 295. The van der Waals surface area contributed by atoms with E-state index in [4.69, 9.17) is 18.8 Å². The van der Waals surface area contributed by atoms with E-state index in [0.29, 0.717) is 13.2 Å². The van der Waals surface area contributed by atoms with Crippen molar-refractivity contribution in [2.24, 2.45) is 0 Å². The van der Waals surface area contributed by atoms with Gasteiger partial charge in [-0.05, 0) is 47.4 Å². The first-order valence-corrected chi connectivity index (χ1v) is 7.38. The lowest BCUT2D eigenvalue weighted by molar-refractivity contribution is -0.147. The monoisotopic (exact) mass is 270 g/mol. The van der Waals surface area contributed by atoms with Crippen molar-refractivity contribution in [3.63, 3.8) is 0 Å². The van der Waals surface area contributed by atoms with E-state index in [2.05, 4.69) is 27.7 Å². The highest BCUT2D eigenvalue weighted by molar-refractivity contribution is 6.45. The van der Waals surface area contributed by atoms with Crippen molar-refractivity contribution in [2.45, 2.75) is 77.2 Å². The van der Waals surface area contributed by atoms with Crippen molar-refractivity contribution < 1.29 is 18.8 Å². The maximum Gasteiger partial charge on any atom is 0.457 e. The van der Waals surface area contributed by atoms with Crippen molar-refractivity contribution in [1.82, 2.24) is 0 Å². The summed E-state index contributed by atoms with van der Waals surface area (Å²) in [5.41, 5.74) is -0.442. The molecule has 2 saturated heterocycles. The Hall–Kier alpha value is -0.0951. The minimum Gasteiger partial charge on any atom is -0.403 e. The zero-order valence-electron chi connectivity index (χ0n) is 13.0. The van der Waals surface area contributed by atoms with Gasteiger partial charge in [-0.15, -0.1) is 0 Å². The van der Waals surface area contributed by atoms with Crippen LogP contribution >= 0.6 is 0 Å². The fraction of sp³-hybridized carbons (Fsp3) is 1.00. The van der Waals surface area contributed by atoms with Gasteiger partial charge in [0, 0.05) is 6.42 Å². The molecule has 0 atom stereocenters. The number of hydrogen-bond donors (Lipinski definition) is 0. The van der Waals surface area contributed by atoms with Crippen LogP contribution in [0.4, 0.5) is 0 Å². The van der Waals surface area contributed by atoms with Crippen molar-refractivity contribution in [3.8, 4) is 0 Å². The molecule has 4 nitrogen and oxygen atoms in total. The van der Waals surface area contributed by atoms with Crippen LogP contribution < -0.4 is 0 Å². The van der Waals surface area contributed by atoms with E-state index in [1.54, 1.807) is 0 Å². The molecular weight excluding hydrogens is 243 g/mol. The summed E-state index contributed by atoms with van der Waals surface area (Å²) >= 11 is 0. The van der Waals surface area contributed by atoms with Gasteiger partial charge in [-0.3, -0.25) is 0 Å². The summed E-state index contributed by atoms with van der Waals surface area (Å²) in [7, 11) is -0.0804. The molecule has 110 valence electrons. The SMILES string of the molecule is CC1(CCCCB2OC(C)(C)C(C)(C)O2)OCCO1. The van der Waals surface area contributed by atoms with Crippen LogP contribution in [0.2, 0.25) is 6.32 Å². The van der Waals surface area contributed by atoms with E-state index in [-0.39, 0.29) is 24.1 Å². The topological polar surface area (TPSA) is 36.9 Å². The number of hydrogen-bond acceptors (Lipinski definition) is 4. The zero-order chi connectivity index (χ0) is 14.1. The lowest BCUT2D eigenvalue weighted by atomic mass is 9.82. The van der Waals surface area contributed by atoms with Crippen LogP contribution in [0, 0.1) is 0 Å². The average molecular weight is 270 g/mol. The molecule has 0 aromatic carbocycles. The molecule has 0 bridgehead atoms. The predicted molar refractivity (Wildman–Crippen MR) is 75.0 cm³/mol. The van der Waals surface area contributed by atoms with Crippen molar-refractivity contribution in [1.29, 1.82) is 0 Å². The molecule has 2 fully saturated rings. The van der Waals surface area contributed by atoms with E-state index in [0.717, 1.165) is 25.6 Å². The molecule has 0 radical (unpaired) electrons. The quantitative estimate of drug-likeness (QED) is 0.568. The van der Waals surface area contributed by atoms with Gasteiger partial charge in [0.05, 0.1) is 24.4 Å². The molecule has 2 heterocycles. The smallest absolute Gasteiger partial charge is 0.403 e. The molecule has 19 heavy (non-hydrogen) atoms. The molecule has 2 rings (SSSR count). The van der Waals surface area contributed by atoms with Gasteiger partial charge in [0.2, 0.25) is 0 Å². The molecule has 0 unspecified atom stereocenters. The summed E-state index contributed by atoms with van der Waals surface area (Å²) in [6.07, 6.45) is 4.01. The highest BCUT2D eigenvalue weighted by Gasteiger charge is 2.50. The third-order valence-electron chi connectivity index (χ3n) is 4.52. The summed E-state index contributed by atoms with van der Waals surface area (Å²) in [6, 6.07) is 0. The summed E-state index contributed by atoms with van der Waals surface area (Å²) in [5.74, 6) is -0.365. The molecule has 0 aromatic heterocycles. The van der Waals surface area contributed by atoms with E-state index in [1.165, 1.54) is 0 Å². The normalized spacial score (nSPS) is 27.9. The standard InChI is InChI=1S/C14H27BO4/c1-12(2)13(3,4)19-15(18-12)9-7-6-8-14(5)16-10-11-17-14/h6-11H2,1-5H3. The number of ether oxygens (including phenoxy) is 2. The zero-order valence-corrected chi connectivity index (χ0v) is 13.0. The predicted octanol–water partition coefficient (Wildman–Crippen LogP) is 3.01. The minimum absolute atomic E-state index is 0.0804. The molecule has 0 N–H and O–H groups in total. The molecule has 2 aliphatic heterocycles. The molecule has 0 saturated carbocycles. The molecule has 0 spiro atoms. The van der Waals surface area contributed by atoms with Crippen LogP contribution in [0.5, 0.6) is 0 Å². The van der Waals surface area contributed by atoms with Gasteiger partial charge in [0.1, 0.15) is 0 Å². The van der Waals surface area contributed by atoms with Crippen molar-refractivity contribution >= 4 is 7.12 Å². The Morgan fingerprint density at radius 3 is 1.89 bits per heavy atom. The molecule has 2 aliphatic rings. The van der Waals surface area contributed by atoms with Crippen LogP contribution in [0.1, 0.15) is 53.9 Å². The molecule has 0 aromatic rings. The summed E-state index contributed by atoms with van der Waals surface area (Å²) in [5, 5.41) is 0. The Kier molecular flexibility index (Phi) is 4.31. The summed E-state index contributed by atoms with van der Waals surface area (Å²) in [6.45, 7) is 11.8. The van der Waals surface area contributed by atoms with Gasteiger partial charge >= 0.3 is 7.12 Å². The fourth-order valence-corrected chi connectivity index (χ4v) is 2.54. The molecular formula is C14H27BO4. The van der Waals surface area contributed by atoms with Gasteiger partial charge in [0.15, 0.2) is 5.79 Å². The first-order chi connectivity index (χ1) is 8.74. The van der Waals surface area contributed by atoms with E-state index < -0.39 is 0 Å². The summed E-state index contributed by atoms with van der Waals surface area (Å²) < 4.78 is 23.1. The largest absolute Gasteiger partial charge is 0.457 e. The van der Waals surface area contributed by atoms with Crippen LogP contribution in [-0.4, -0.2) is 37.3 Å². The van der Waals surface area contributed by atoms with Crippen LogP contribution in [0.25, 0.3) is 0 Å². The highest BCUT2D eigenvalue weighted by Crippen LogP contribution is 2.38. The van der Waals surface area contributed by atoms with Gasteiger partial charge in [-0.2, -0.15) is 0 Å². The lowest BCUT2D eigenvalue weighted by Crippen LogP contribution is -2.41. The van der Waals surface area contributed by atoms with Gasteiger partial charge in [-0.25, -0.2) is 0 Å². The molecule has 0 amide bonds. The molecule has 0 aliphatic carbocycles. The Labute approximate surface area is 117 Å². The number of unbranched alkanes of at least 4 members (excludes halogenated alkanes) is 1. The second-order valence-corrected chi connectivity index (χ2v) is 6.76. The van der Waals surface area contributed by atoms with Crippen molar-refractivity contribution in [2.75, 3.05) is 13.2 Å². The van der Waals surface area contributed by atoms with Gasteiger partial charge in [-0.1, -0.05) is 6.42 Å². The van der Waals surface area contributed by atoms with Gasteiger partial charge in [0.25, 0.3) is 0 Å². The summed E-state index contributed by atoms with van der Waals surface area (Å²) in [4.78, 5) is 0. The number of rotatable bonds is 5. The minimum atomic E-state index is -0.365. The second-order valence-electron chi connectivity index (χ2n) is 6.76. The highest BCUT2D eigenvalue weighted by atomic mass is 16.7. The van der Waals surface area contributed by atoms with Gasteiger partial charge < -0.3 is 18.8 Å². The molecule has 5 heteroatoms. The average Bonchev–Trinajstić information content (AvgIpc) is 2.78. The maximum atomic E-state index is 5.98. The first kappa shape index (κ1) is 15.3.